The summed E-state index contributed by atoms with van der Waals surface area (Å²) < 4.78 is 41.3. The second-order valence-corrected chi connectivity index (χ2v) is 3.84. The molecule has 1 aromatic rings. The predicted octanol–water partition coefficient (Wildman–Crippen LogP) is 1.01. The number of hydrogen-bond donors (Lipinski definition) is 2. The van der Waals surface area contributed by atoms with Crippen molar-refractivity contribution in [2.75, 3.05) is 13.1 Å². The van der Waals surface area contributed by atoms with Gasteiger partial charge in [-0.2, -0.15) is 8.78 Å². The van der Waals surface area contributed by atoms with Gasteiger partial charge >= 0.3 is 0 Å². The molecule has 92 valence electrons. The van der Waals surface area contributed by atoms with Gasteiger partial charge in [-0.15, -0.1) is 0 Å². The minimum atomic E-state index is -3.36. The fourth-order valence-electron chi connectivity index (χ4n) is 1.74. The van der Waals surface area contributed by atoms with Gasteiger partial charge in [-0.05, 0) is 6.07 Å². The van der Waals surface area contributed by atoms with Crippen LogP contribution in [0.15, 0.2) is 24.3 Å². The number of carbonyl (C=O) groups is 1. The second-order valence-electron chi connectivity index (χ2n) is 3.84. The molecule has 0 spiro atoms. The highest BCUT2D eigenvalue weighted by Crippen LogP contribution is 2.33. The molecule has 0 aromatic heterocycles. The monoisotopic (exact) mass is 244 g/mol. The van der Waals surface area contributed by atoms with Gasteiger partial charge in [-0.3, -0.25) is 10.1 Å². The van der Waals surface area contributed by atoms with E-state index in [0.29, 0.717) is 0 Å². The third-order valence-corrected chi connectivity index (χ3v) is 2.68. The van der Waals surface area contributed by atoms with Crippen molar-refractivity contribution in [3.8, 4) is 0 Å². The second kappa shape index (κ2) is 4.37. The molecule has 0 saturated carbocycles. The Kier molecular flexibility index (Phi) is 3.06. The van der Waals surface area contributed by atoms with Crippen molar-refractivity contribution in [2.24, 2.45) is 0 Å². The highest BCUT2D eigenvalue weighted by Gasteiger charge is 2.44. The molecule has 0 radical (unpaired) electrons. The number of rotatable bonds is 2. The summed E-state index contributed by atoms with van der Waals surface area (Å²) in [6.07, 6.45) is 0. The molecule has 1 aliphatic rings. The Morgan fingerprint density at radius 2 is 2.00 bits per heavy atom. The van der Waals surface area contributed by atoms with Crippen molar-refractivity contribution in [2.45, 2.75) is 12.0 Å². The maximum atomic E-state index is 14.0. The summed E-state index contributed by atoms with van der Waals surface area (Å²) in [6.45, 7) is -0.408. The number of halogens is 3. The van der Waals surface area contributed by atoms with Crippen molar-refractivity contribution in [3.63, 3.8) is 0 Å². The smallest absolute Gasteiger partial charge is 0.292 e. The van der Waals surface area contributed by atoms with Gasteiger partial charge in [0.1, 0.15) is 5.82 Å². The first-order valence-corrected chi connectivity index (χ1v) is 5.14. The zero-order valence-corrected chi connectivity index (χ0v) is 8.84. The molecule has 3 nitrogen and oxygen atoms in total. The van der Waals surface area contributed by atoms with Crippen LogP contribution in [0.1, 0.15) is 5.56 Å². The zero-order valence-electron chi connectivity index (χ0n) is 8.84. The third kappa shape index (κ3) is 2.26. The van der Waals surface area contributed by atoms with Gasteiger partial charge in [-0.25, -0.2) is 4.39 Å². The lowest BCUT2D eigenvalue weighted by atomic mass is 9.99. The van der Waals surface area contributed by atoms with E-state index >= 15 is 0 Å². The highest BCUT2D eigenvalue weighted by molar-refractivity contribution is 5.78. The lowest BCUT2D eigenvalue weighted by Gasteiger charge is -2.31. The number of nitrogens with one attached hydrogen (secondary N) is 2. The summed E-state index contributed by atoms with van der Waals surface area (Å²) in [5.41, 5.74) is -0.659. The van der Waals surface area contributed by atoms with Crippen LogP contribution in [0.2, 0.25) is 0 Å². The van der Waals surface area contributed by atoms with Crippen LogP contribution < -0.4 is 10.6 Å². The normalized spacial score (nSPS) is 21.1. The predicted molar refractivity (Wildman–Crippen MR) is 55.1 cm³/mol. The van der Waals surface area contributed by atoms with E-state index in [0.717, 1.165) is 12.1 Å². The Labute approximate surface area is 96.0 Å². The van der Waals surface area contributed by atoms with Crippen LogP contribution in [0.3, 0.4) is 0 Å². The van der Waals surface area contributed by atoms with E-state index in [1.165, 1.54) is 12.1 Å². The first-order chi connectivity index (χ1) is 8.01. The van der Waals surface area contributed by atoms with Crippen molar-refractivity contribution < 1.29 is 18.0 Å². The van der Waals surface area contributed by atoms with Crippen LogP contribution in [-0.4, -0.2) is 25.0 Å². The van der Waals surface area contributed by atoms with Crippen LogP contribution in [0.4, 0.5) is 13.2 Å². The molecule has 1 unspecified atom stereocenters. The molecular weight excluding hydrogens is 233 g/mol. The Hall–Kier alpha value is -1.56. The first-order valence-electron chi connectivity index (χ1n) is 5.14. The average molecular weight is 244 g/mol. The van der Waals surface area contributed by atoms with Gasteiger partial charge in [0.05, 0.1) is 18.2 Å². The Bertz CT molecular complexity index is 426. The number of piperazine rings is 1. The summed E-state index contributed by atoms with van der Waals surface area (Å²) >= 11 is 0. The van der Waals surface area contributed by atoms with E-state index in [4.69, 9.17) is 0 Å². The van der Waals surface area contributed by atoms with Crippen LogP contribution in [-0.2, 0) is 10.7 Å². The van der Waals surface area contributed by atoms with Gasteiger partial charge in [0.15, 0.2) is 0 Å². The van der Waals surface area contributed by atoms with Crippen molar-refractivity contribution in [1.29, 1.82) is 0 Å². The molecule has 1 heterocycles. The molecule has 1 aromatic carbocycles. The Balaban J connectivity index is 2.24. The zero-order chi connectivity index (χ0) is 12.5. The summed E-state index contributed by atoms with van der Waals surface area (Å²) in [7, 11) is 0. The van der Waals surface area contributed by atoms with Gasteiger partial charge in [0.25, 0.3) is 5.92 Å². The summed E-state index contributed by atoms with van der Waals surface area (Å²) in [4.78, 5) is 10.8. The van der Waals surface area contributed by atoms with Crippen molar-refractivity contribution >= 4 is 5.91 Å². The van der Waals surface area contributed by atoms with E-state index in [-0.39, 0.29) is 19.0 Å². The van der Waals surface area contributed by atoms with Crippen molar-refractivity contribution in [3.05, 3.63) is 35.6 Å². The molecule has 1 atom stereocenters. The fourth-order valence-corrected chi connectivity index (χ4v) is 1.74. The van der Waals surface area contributed by atoms with Crippen LogP contribution >= 0.6 is 0 Å². The number of benzene rings is 1. The molecule has 2 N–H and O–H groups in total. The molecule has 6 heteroatoms. The van der Waals surface area contributed by atoms with E-state index in [2.05, 4.69) is 10.6 Å². The number of alkyl halides is 2. The number of amides is 1. The SMILES string of the molecule is O=C1CNC(C(F)(F)c2ccccc2F)CN1. The van der Waals surface area contributed by atoms with Crippen molar-refractivity contribution in [1.82, 2.24) is 10.6 Å². The quantitative estimate of drug-likeness (QED) is 0.815. The van der Waals surface area contributed by atoms with E-state index in [9.17, 15) is 18.0 Å². The molecular formula is C11H11F3N2O. The molecule has 1 aliphatic heterocycles. The molecule has 1 amide bonds. The summed E-state index contributed by atoms with van der Waals surface area (Å²) in [5.74, 6) is -4.65. The van der Waals surface area contributed by atoms with Crippen LogP contribution in [0.25, 0.3) is 0 Å². The number of carbonyl (C=O) groups excluding carboxylic acids is 1. The van der Waals surface area contributed by atoms with E-state index < -0.39 is 23.3 Å². The molecule has 2 rings (SSSR count). The molecule has 1 fully saturated rings. The Morgan fingerprint density at radius 3 is 2.59 bits per heavy atom. The lowest BCUT2D eigenvalue weighted by molar-refractivity contribution is -0.124. The molecule has 1 saturated heterocycles. The average Bonchev–Trinajstić information content (AvgIpc) is 2.30. The Morgan fingerprint density at radius 1 is 1.29 bits per heavy atom. The topological polar surface area (TPSA) is 41.1 Å². The summed E-state index contributed by atoms with van der Waals surface area (Å²) in [5, 5.41) is 4.73. The lowest BCUT2D eigenvalue weighted by Crippen LogP contribution is -2.58. The minimum Gasteiger partial charge on any atom is -0.353 e. The molecule has 17 heavy (non-hydrogen) atoms. The summed E-state index contributed by atoms with van der Waals surface area (Å²) in [6, 6.07) is 3.45. The first kappa shape index (κ1) is 11.9. The van der Waals surface area contributed by atoms with Crippen LogP contribution in [0, 0.1) is 5.82 Å². The largest absolute Gasteiger partial charge is 0.353 e. The standard InChI is InChI=1S/C11H11F3N2O/c12-8-4-2-1-3-7(8)11(13,14)9-5-16-10(17)6-15-9/h1-4,9,15H,5-6H2,(H,16,17). The number of hydrogen-bond acceptors (Lipinski definition) is 2. The van der Waals surface area contributed by atoms with Gasteiger partial charge < -0.3 is 5.32 Å². The maximum absolute atomic E-state index is 14.0. The van der Waals surface area contributed by atoms with E-state index in [1.54, 1.807) is 0 Å². The molecule has 0 bridgehead atoms. The maximum Gasteiger partial charge on any atom is 0.292 e. The molecule has 0 aliphatic carbocycles. The van der Waals surface area contributed by atoms with Crippen LogP contribution in [0.5, 0.6) is 0 Å². The fraction of sp³-hybridized carbons (Fsp3) is 0.364. The van der Waals surface area contributed by atoms with Gasteiger partial charge in [-0.1, -0.05) is 18.2 Å². The van der Waals surface area contributed by atoms with E-state index in [1.807, 2.05) is 0 Å². The third-order valence-electron chi connectivity index (χ3n) is 2.68. The van der Waals surface area contributed by atoms with Gasteiger partial charge in [0.2, 0.25) is 5.91 Å². The van der Waals surface area contributed by atoms with Gasteiger partial charge in [0, 0.05) is 6.54 Å². The highest BCUT2D eigenvalue weighted by atomic mass is 19.3. The minimum absolute atomic E-state index is 0.186.